The Labute approximate surface area is 164 Å². The summed E-state index contributed by atoms with van der Waals surface area (Å²) < 4.78 is 4.91. The molecular weight excluding hydrogens is 419 g/mol. The zero-order valence-electron chi connectivity index (χ0n) is 15.9. The molecule has 0 spiro atoms. The van der Waals surface area contributed by atoms with Crippen molar-refractivity contribution in [1.29, 1.82) is 0 Å². The fraction of sp³-hybridized carbons (Fsp3) is 0.882. The molecule has 2 unspecified atom stereocenters. The first-order chi connectivity index (χ1) is 11.0. The van der Waals surface area contributed by atoms with Gasteiger partial charge in [0.05, 0.1) is 19.6 Å². The molecule has 7 heteroatoms. The minimum Gasteiger partial charge on any atom is -0.469 e. The summed E-state index contributed by atoms with van der Waals surface area (Å²) in [6.45, 7) is 11.6. The smallest absolute Gasteiger partial charge is 0.310 e. The van der Waals surface area contributed by atoms with E-state index in [1.54, 1.807) is 0 Å². The Kier molecular flexibility index (Phi) is 12.4. The minimum absolute atomic E-state index is 0. The lowest BCUT2D eigenvalue weighted by Crippen LogP contribution is -2.41. The fourth-order valence-corrected chi connectivity index (χ4v) is 2.89. The molecule has 1 aliphatic heterocycles. The summed E-state index contributed by atoms with van der Waals surface area (Å²) in [4.78, 5) is 21.1. The number of methoxy groups -OCH3 is 1. The van der Waals surface area contributed by atoms with Crippen molar-refractivity contribution in [2.75, 3.05) is 53.4 Å². The van der Waals surface area contributed by atoms with Crippen molar-refractivity contribution < 1.29 is 9.53 Å². The molecule has 0 aromatic rings. The number of rotatable bonds is 8. The van der Waals surface area contributed by atoms with E-state index >= 15 is 0 Å². The van der Waals surface area contributed by atoms with Gasteiger partial charge in [-0.2, -0.15) is 0 Å². The van der Waals surface area contributed by atoms with Crippen molar-refractivity contribution in [2.24, 2.45) is 16.8 Å². The first-order valence-corrected chi connectivity index (χ1v) is 8.83. The predicted molar refractivity (Wildman–Crippen MR) is 110 cm³/mol. The molecule has 142 valence electrons. The standard InChI is InChI=1S/C17H34N4O2.HI/c1-6-8-10-20(4)11-9-19-17(18-7-2)21-12-14(3)15(13-21)16(22)23-5;/h14-15H,6-13H2,1-5H3,(H,18,19);1H. The molecule has 1 rings (SSSR count). The molecule has 1 aliphatic rings. The number of guanidine groups is 1. The van der Waals surface area contributed by atoms with Crippen LogP contribution < -0.4 is 5.32 Å². The molecule has 0 bridgehead atoms. The van der Waals surface area contributed by atoms with Crippen LogP contribution in [0, 0.1) is 11.8 Å². The Morgan fingerprint density at radius 1 is 1.33 bits per heavy atom. The van der Waals surface area contributed by atoms with Gasteiger partial charge in [0.2, 0.25) is 0 Å². The van der Waals surface area contributed by atoms with E-state index < -0.39 is 0 Å². The summed E-state index contributed by atoms with van der Waals surface area (Å²) in [5.74, 6) is 1.03. The largest absolute Gasteiger partial charge is 0.469 e. The van der Waals surface area contributed by atoms with Crippen LogP contribution in [0.25, 0.3) is 0 Å². The van der Waals surface area contributed by atoms with Gasteiger partial charge in [-0.15, -0.1) is 24.0 Å². The van der Waals surface area contributed by atoms with E-state index in [1.807, 2.05) is 0 Å². The Hall–Kier alpha value is -0.570. The van der Waals surface area contributed by atoms with Gasteiger partial charge in [0.25, 0.3) is 0 Å². The number of carbonyl (C=O) groups excluding carboxylic acids is 1. The average molecular weight is 454 g/mol. The van der Waals surface area contributed by atoms with Gasteiger partial charge in [-0.25, -0.2) is 0 Å². The monoisotopic (exact) mass is 454 g/mol. The number of carbonyl (C=O) groups is 1. The molecule has 0 aromatic heterocycles. The quantitative estimate of drug-likeness (QED) is 0.263. The third-order valence-electron chi connectivity index (χ3n) is 4.39. The number of likely N-dealkylation sites (N-methyl/N-ethyl adjacent to an activating group) is 1. The normalized spacial score (nSPS) is 20.9. The summed E-state index contributed by atoms with van der Waals surface area (Å²) in [5.41, 5.74) is 0. The van der Waals surface area contributed by atoms with E-state index in [1.165, 1.54) is 20.0 Å². The zero-order chi connectivity index (χ0) is 17.2. The highest BCUT2D eigenvalue weighted by Crippen LogP contribution is 2.24. The van der Waals surface area contributed by atoms with Crippen LogP contribution in [0.3, 0.4) is 0 Å². The van der Waals surface area contributed by atoms with Crippen molar-refractivity contribution in [3.05, 3.63) is 0 Å². The topological polar surface area (TPSA) is 57.2 Å². The number of nitrogens with one attached hydrogen (secondary N) is 1. The van der Waals surface area contributed by atoms with E-state index in [4.69, 9.17) is 9.73 Å². The number of halogens is 1. The molecule has 6 nitrogen and oxygen atoms in total. The summed E-state index contributed by atoms with van der Waals surface area (Å²) >= 11 is 0. The first-order valence-electron chi connectivity index (χ1n) is 8.83. The fourth-order valence-electron chi connectivity index (χ4n) is 2.89. The van der Waals surface area contributed by atoms with Crippen molar-refractivity contribution in [3.63, 3.8) is 0 Å². The van der Waals surface area contributed by atoms with E-state index in [0.29, 0.717) is 12.5 Å². The number of esters is 1. The van der Waals surface area contributed by atoms with Crippen LogP contribution in [0.15, 0.2) is 4.99 Å². The molecule has 2 atom stereocenters. The van der Waals surface area contributed by atoms with Crippen LogP contribution >= 0.6 is 24.0 Å². The molecule has 1 heterocycles. The van der Waals surface area contributed by atoms with E-state index in [-0.39, 0.29) is 35.9 Å². The lowest BCUT2D eigenvalue weighted by atomic mass is 9.99. The highest BCUT2D eigenvalue weighted by atomic mass is 127. The summed E-state index contributed by atoms with van der Waals surface area (Å²) in [6, 6.07) is 0. The van der Waals surface area contributed by atoms with E-state index in [9.17, 15) is 4.79 Å². The molecule has 1 fully saturated rings. The van der Waals surface area contributed by atoms with Gasteiger partial charge in [0.15, 0.2) is 5.96 Å². The van der Waals surface area contributed by atoms with Crippen LogP contribution in [-0.4, -0.2) is 75.2 Å². The number of likely N-dealkylation sites (tertiary alicyclic amines) is 1. The number of nitrogens with zero attached hydrogens (tertiary/aromatic N) is 3. The molecule has 0 aromatic carbocycles. The van der Waals surface area contributed by atoms with Gasteiger partial charge in [0.1, 0.15) is 0 Å². The number of hydrogen-bond donors (Lipinski definition) is 1. The number of ether oxygens (including phenoxy) is 1. The SMILES string of the molecule is CCCCN(C)CCN=C(NCC)N1CC(C)C(C(=O)OC)C1.I. The number of aliphatic imine (C=N–C) groups is 1. The highest BCUT2D eigenvalue weighted by Gasteiger charge is 2.36. The van der Waals surface area contributed by atoms with Crippen molar-refractivity contribution >= 4 is 35.9 Å². The molecular formula is C17H35IN4O2. The van der Waals surface area contributed by atoms with Crippen LogP contribution in [0.1, 0.15) is 33.6 Å². The summed E-state index contributed by atoms with van der Waals surface area (Å²) in [7, 11) is 3.60. The van der Waals surface area contributed by atoms with Crippen molar-refractivity contribution in [3.8, 4) is 0 Å². The maximum atomic E-state index is 11.8. The molecule has 1 saturated heterocycles. The molecule has 0 radical (unpaired) electrons. The Balaban J connectivity index is 0.00000529. The molecule has 24 heavy (non-hydrogen) atoms. The van der Waals surface area contributed by atoms with Gasteiger partial charge in [-0.05, 0) is 32.9 Å². The highest BCUT2D eigenvalue weighted by molar-refractivity contribution is 14.0. The molecule has 0 amide bonds. The van der Waals surface area contributed by atoms with E-state index in [2.05, 4.69) is 42.9 Å². The van der Waals surface area contributed by atoms with Crippen molar-refractivity contribution in [2.45, 2.75) is 33.6 Å². The van der Waals surface area contributed by atoms with E-state index in [0.717, 1.165) is 38.7 Å². The second kappa shape index (κ2) is 12.7. The Bertz CT molecular complexity index is 393. The van der Waals surface area contributed by atoms with Crippen LogP contribution in [0.4, 0.5) is 0 Å². The second-order valence-electron chi connectivity index (χ2n) is 6.40. The maximum absolute atomic E-state index is 11.8. The van der Waals surface area contributed by atoms with Gasteiger partial charge >= 0.3 is 5.97 Å². The molecule has 1 N–H and O–H groups in total. The summed E-state index contributed by atoms with van der Waals surface area (Å²) in [6.07, 6.45) is 2.45. The Morgan fingerprint density at radius 2 is 2.04 bits per heavy atom. The maximum Gasteiger partial charge on any atom is 0.310 e. The lowest BCUT2D eigenvalue weighted by Gasteiger charge is -2.22. The van der Waals surface area contributed by atoms with Crippen LogP contribution in [0.5, 0.6) is 0 Å². The minimum atomic E-state index is -0.116. The average Bonchev–Trinajstić information content (AvgIpc) is 2.93. The molecule has 0 saturated carbocycles. The predicted octanol–water partition coefficient (Wildman–Crippen LogP) is 2.04. The van der Waals surface area contributed by atoms with Gasteiger partial charge < -0.3 is 19.9 Å². The Morgan fingerprint density at radius 3 is 2.62 bits per heavy atom. The number of hydrogen-bond acceptors (Lipinski definition) is 4. The lowest BCUT2D eigenvalue weighted by molar-refractivity contribution is -0.145. The van der Waals surface area contributed by atoms with Gasteiger partial charge in [0, 0.05) is 26.2 Å². The van der Waals surface area contributed by atoms with Crippen LogP contribution in [0.2, 0.25) is 0 Å². The van der Waals surface area contributed by atoms with Gasteiger partial charge in [-0.3, -0.25) is 9.79 Å². The van der Waals surface area contributed by atoms with Gasteiger partial charge in [-0.1, -0.05) is 20.3 Å². The first kappa shape index (κ1) is 23.4. The number of unbranched alkanes of at least 4 members (excludes halogenated alkanes) is 1. The zero-order valence-corrected chi connectivity index (χ0v) is 18.2. The van der Waals surface area contributed by atoms with Crippen LogP contribution in [-0.2, 0) is 9.53 Å². The molecule has 0 aliphatic carbocycles. The third-order valence-corrected chi connectivity index (χ3v) is 4.39. The summed E-state index contributed by atoms with van der Waals surface area (Å²) in [5, 5.41) is 3.34. The third kappa shape index (κ3) is 7.55. The second-order valence-corrected chi connectivity index (χ2v) is 6.40. The van der Waals surface area contributed by atoms with Crippen molar-refractivity contribution in [1.82, 2.24) is 15.1 Å².